The number of esters is 1. The van der Waals surface area contributed by atoms with Gasteiger partial charge in [0, 0.05) is 11.8 Å². The zero-order valence-corrected chi connectivity index (χ0v) is 24.7. The number of aliphatic hydroxyl groups excluding tert-OH is 1. The summed E-state index contributed by atoms with van der Waals surface area (Å²) in [7, 11) is 0. The zero-order chi connectivity index (χ0) is 28.7. The van der Waals surface area contributed by atoms with Crippen molar-refractivity contribution < 1.29 is 28.8 Å². The lowest BCUT2D eigenvalue weighted by molar-refractivity contribution is -0.239. The van der Waals surface area contributed by atoms with Gasteiger partial charge in [0.1, 0.15) is 36.5 Å². The molecule has 1 aliphatic rings. The molecule has 1 N–H and O–H groups in total. The first-order valence-corrected chi connectivity index (χ1v) is 14.6. The fourth-order valence-electron chi connectivity index (χ4n) is 4.54. The third kappa shape index (κ3) is 8.18. The fraction of sp³-hybridized carbons (Fsp3) is 0.424. The maximum atomic E-state index is 11.6. The van der Waals surface area contributed by atoms with E-state index in [1.807, 2.05) is 60.7 Å². The number of aryl methyl sites for hydroxylation is 1. The van der Waals surface area contributed by atoms with Crippen LogP contribution in [0.5, 0.6) is 0 Å². The number of thioether (sulfide) groups is 1. The van der Waals surface area contributed by atoms with Crippen molar-refractivity contribution in [2.45, 2.75) is 88.0 Å². The van der Waals surface area contributed by atoms with Crippen molar-refractivity contribution in [1.29, 1.82) is 0 Å². The average molecular weight is 565 g/mol. The monoisotopic (exact) mass is 564 g/mol. The largest absolute Gasteiger partial charge is 0.463 e. The lowest BCUT2D eigenvalue weighted by atomic mass is 9.87. The fourth-order valence-corrected chi connectivity index (χ4v) is 5.81. The quantitative estimate of drug-likeness (QED) is 0.294. The number of aliphatic hydroxyl groups is 1. The van der Waals surface area contributed by atoms with Gasteiger partial charge in [-0.25, -0.2) is 0 Å². The Hall–Kier alpha value is -2.68. The Bertz CT molecular complexity index is 1230. The number of hydrogen-bond acceptors (Lipinski definition) is 7. The van der Waals surface area contributed by atoms with Gasteiger partial charge in [-0.1, -0.05) is 105 Å². The number of carbonyl (C=O) groups excluding carboxylic acids is 1. The summed E-state index contributed by atoms with van der Waals surface area (Å²) in [6.45, 7) is 10.5. The molecule has 0 spiro atoms. The van der Waals surface area contributed by atoms with Crippen molar-refractivity contribution >= 4 is 17.7 Å². The summed E-state index contributed by atoms with van der Waals surface area (Å²) >= 11 is 1.55. The smallest absolute Gasteiger partial charge is 0.302 e. The van der Waals surface area contributed by atoms with Gasteiger partial charge in [-0.05, 0) is 40.7 Å². The molecule has 1 heterocycles. The standard InChI is InChI=1S/C33H40O6S/c1-22-16-17-26(33(3,4)5)18-28(22)40-32-31(38-20-25-14-10-7-11-15-25)30(37-19-24-12-8-6-9-13-24)29(35)27(39-32)21-36-23(2)34/h6-18,27,29-32,35H,19-21H2,1-5H3/t27?,29-,30-,31?,32-/m0/s1. The van der Waals surface area contributed by atoms with Gasteiger partial charge in [0.05, 0.1) is 13.2 Å². The molecular weight excluding hydrogens is 524 g/mol. The van der Waals surface area contributed by atoms with E-state index >= 15 is 0 Å². The first kappa shape index (κ1) is 30.3. The molecule has 0 aromatic heterocycles. The highest BCUT2D eigenvalue weighted by Gasteiger charge is 2.48. The zero-order valence-electron chi connectivity index (χ0n) is 23.9. The van der Waals surface area contributed by atoms with Gasteiger partial charge in [0.15, 0.2) is 0 Å². The SMILES string of the molecule is CC(=O)OCC1O[C@@H](Sc2cc(C(C)(C)C)ccc2C)C(OCc2ccccc2)[C@@H](OCc2ccccc2)[C@H]1O. The second kappa shape index (κ2) is 13.8. The summed E-state index contributed by atoms with van der Waals surface area (Å²) in [5.74, 6) is -0.432. The van der Waals surface area contributed by atoms with Crippen molar-refractivity contribution in [3.8, 4) is 0 Å². The van der Waals surface area contributed by atoms with Gasteiger partial charge in [-0.15, -0.1) is 0 Å². The van der Waals surface area contributed by atoms with E-state index in [0.717, 1.165) is 21.6 Å². The van der Waals surface area contributed by atoms with Gasteiger partial charge in [0.2, 0.25) is 0 Å². The van der Waals surface area contributed by atoms with Crippen LogP contribution in [0.1, 0.15) is 49.9 Å². The third-order valence-electron chi connectivity index (χ3n) is 6.94. The molecule has 1 aliphatic heterocycles. The van der Waals surface area contributed by atoms with E-state index < -0.39 is 35.8 Å². The van der Waals surface area contributed by atoms with Crippen molar-refractivity contribution in [3.05, 3.63) is 101 Å². The van der Waals surface area contributed by atoms with Crippen molar-refractivity contribution in [2.24, 2.45) is 0 Å². The van der Waals surface area contributed by atoms with Gasteiger partial charge < -0.3 is 24.1 Å². The molecule has 0 aliphatic carbocycles. The number of benzene rings is 3. The van der Waals surface area contributed by atoms with E-state index in [1.54, 1.807) is 11.8 Å². The summed E-state index contributed by atoms with van der Waals surface area (Å²) in [5.41, 5.74) is 3.78. The predicted octanol–water partition coefficient (Wildman–Crippen LogP) is 6.20. The first-order chi connectivity index (χ1) is 19.1. The van der Waals surface area contributed by atoms with E-state index in [4.69, 9.17) is 18.9 Å². The highest BCUT2D eigenvalue weighted by atomic mass is 32.2. The molecule has 214 valence electrons. The second-order valence-corrected chi connectivity index (χ2v) is 12.3. The summed E-state index contributed by atoms with van der Waals surface area (Å²) in [6, 6.07) is 26.2. The average Bonchev–Trinajstić information content (AvgIpc) is 2.93. The molecule has 0 saturated carbocycles. The maximum Gasteiger partial charge on any atom is 0.302 e. The third-order valence-corrected chi connectivity index (χ3v) is 8.24. The van der Waals surface area contributed by atoms with Crippen LogP contribution < -0.4 is 0 Å². The Kier molecular flexibility index (Phi) is 10.4. The van der Waals surface area contributed by atoms with Crippen LogP contribution in [0.3, 0.4) is 0 Å². The molecule has 6 nitrogen and oxygen atoms in total. The van der Waals surface area contributed by atoms with E-state index in [1.165, 1.54) is 12.5 Å². The number of ether oxygens (including phenoxy) is 4. The minimum atomic E-state index is -1.07. The van der Waals surface area contributed by atoms with Gasteiger partial charge in [-0.3, -0.25) is 4.79 Å². The molecule has 5 atom stereocenters. The predicted molar refractivity (Wildman–Crippen MR) is 157 cm³/mol. The summed E-state index contributed by atoms with van der Waals surface area (Å²) < 4.78 is 24.6. The Balaban J connectivity index is 1.66. The highest BCUT2D eigenvalue weighted by molar-refractivity contribution is 7.99. The van der Waals surface area contributed by atoms with E-state index in [-0.39, 0.29) is 12.0 Å². The molecule has 0 amide bonds. The van der Waals surface area contributed by atoms with Crippen molar-refractivity contribution in [1.82, 2.24) is 0 Å². The first-order valence-electron chi connectivity index (χ1n) is 13.7. The van der Waals surface area contributed by atoms with E-state index in [0.29, 0.717) is 13.2 Å². The Morgan fingerprint density at radius 3 is 2.02 bits per heavy atom. The van der Waals surface area contributed by atoms with Crippen LogP contribution in [0.4, 0.5) is 0 Å². The molecule has 7 heteroatoms. The molecule has 0 bridgehead atoms. The van der Waals surface area contributed by atoms with Crippen LogP contribution in [0.2, 0.25) is 0 Å². The summed E-state index contributed by atoms with van der Waals surface area (Å²) in [6.07, 6.45) is -3.16. The lowest BCUT2D eigenvalue weighted by Gasteiger charge is -2.44. The lowest BCUT2D eigenvalue weighted by Crippen LogP contribution is -2.59. The topological polar surface area (TPSA) is 74.2 Å². The maximum absolute atomic E-state index is 11.6. The molecule has 3 aromatic rings. The molecule has 2 unspecified atom stereocenters. The number of carbonyl (C=O) groups is 1. The Morgan fingerprint density at radius 2 is 1.48 bits per heavy atom. The molecule has 1 saturated heterocycles. The van der Waals surface area contributed by atoms with Crippen LogP contribution in [0.25, 0.3) is 0 Å². The van der Waals surface area contributed by atoms with Gasteiger partial charge >= 0.3 is 5.97 Å². The van der Waals surface area contributed by atoms with Crippen LogP contribution in [0.15, 0.2) is 83.8 Å². The van der Waals surface area contributed by atoms with Crippen LogP contribution in [-0.2, 0) is 42.4 Å². The molecule has 3 aromatic carbocycles. The van der Waals surface area contributed by atoms with Crippen LogP contribution in [-0.4, -0.2) is 47.5 Å². The molecule has 0 radical (unpaired) electrons. The molecule has 1 fully saturated rings. The molecular formula is C33H40O6S. The van der Waals surface area contributed by atoms with Crippen molar-refractivity contribution in [2.75, 3.05) is 6.61 Å². The van der Waals surface area contributed by atoms with E-state index in [2.05, 4.69) is 45.9 Å². The summed E-state index contributed by atoms with van der Waals surface area (Å²) in [5, 5.41) is 11.4. The Morgan fingerprint density at radius 1 is 0.900 bits per heavy atom. The Labute approximate surface area is 242 Å². The number of hydrogen-bond donors (Lipinski definition) is 1. The highest BCUT2D eigenvalue weighted by Crippen LogP contribution is 2.39. The van der Waals surface area contributed by atoms with E-state index in [9.17, 15) is 9.90 Å². The molecule has 4 rings (SSSR count). The van der Waals surface area contributed by atoms with Crippen LogP contribution >= 0.6 is 11.8 Å². The van der Waals surface area contributed by atoms with Crippen LogP contribution in [0, 0.1) is 6.92 Å². The van der Waals surface area contributed by atoms with Gasteiger partial charge in [0.25, 0.3) is 0 Å². The van der Waals surface area contributed by atoms with Gasteiger partial charge in [-0.2, -0.15) is 0 Å². The minimum absolute atomic E-state index is 0.0188. The number of rotatable bonds is 10. The second-order valence-electron chi connectivity index (χ2n) is 11.2. The van der Waals surface area contributed by atoms with Crippen molar-refractivity contribution in [3.63, 3.8) is 0 Å². The minimum Gasteiger partial charge on any atom is -0.463 e. The molecule has 40 heavy (non-hydrogen) atoms. The summed E-state index contributed by atoms with van der Waals surface area (Å²) in [4.78, 5) is 12.7. The normalized spacial score (nSPS) is 23.1.